The van der Waals surface area contributed by atoms with E-state index in [4.69, 9.17) is 25.8 Å². The molecule has 8 nitrogen and oxygen atoms in total. The Morgan fingerprint density at radius 1 is 1.17 bits per heavy atom. The summed E-state index contributed by atoms with van der Waals surface area (Å²) in [6, 6.07) is 1.57. The van der Waals surface area contributed by atoms with Crippen LogP contribution >= 0.6 is 11.6 Å². The second-order valence-electron chi connectivity index (χ2n) is 6.93. The molecule has 0 radical (unpaired) electrons. The van der Waals surface area contributed by atoms with Crippen LogP contribution in [0.2, 0.25) is 5.02 Å². The molecule has 9 heteroatoms. The number of aliphatic hydroxyl groups is 1. The van der Waals surface area contributed by atoms with Crippen LogP contribution in [0.5, 0.6) is 11.5 Å². The van der Waals surface area contributed by atoms with E-state index in [1.54, 1.807) is 0 Å². The predicted molar refractivity (Wildman–Crippen MR) is 105 cm³/mol. The van der Waals surface area contributed by atoms with Gasteiger partial charge in [-0.15, -0.1) is 0 Å². The van der Waals surface area contributed by atoms with E-state index in [2.05, 4.69) is 5.32 Å². The van der Waals surface area contributed by atoms with Gasteiger partial charge in [0.05, 0.1) is 25.3 Å². The van der Waals surface area contributed by atoms with Crippen molar-refractivity contribution in [2.45, 2.75) is 44.8 Å². The standard InChI is InChI=1S/C20H26ClNO7/c1-11(23)18(22-19(25)12-6-4-5-7-12)20(26)29-10-15(24)13-8-16(27-2)17(28-3)9-14(13)21/h8-9,11-12,18,23H,4-7,10H2,1-3H3,(H,22,25). The summed E-state index contributed by atoms with van der Waals surface area (Å²) in [7, 11) is 2.85. The summed E-state index contributed by atoms with van der Waals surface area (Å²) in [6.07, 6.45) is 2.26. The number of hydrogen-bond acceptors (Lipinski definition) is 7. The fourth-order valence-electron chi connectivity index (χ4n) is 3.21. The maximum atomic E-state index is 12.5. The van der Waals surface area contributed by atoms with Crippen LogP contribution in [0.1, 0.15) is 43.0 Å². The number of amides is 1. The van der Waals surface area contributed by atoms with Crippen LogP contribution in [0.3, 0.4) is 0 Å². The van der Waals surface area contributed by atoms with Gasteiger partial charge in [-0.1, -0.05) is 24.4 Å². The molecule has 2 unspecified atom stereocenters. The van der Waals surface area contributed by atoms with Gasteiger partial charge >= 0.3 is 5.97 Å². The zero-order valence-electron chi connectivity index (χ0n) is 16.7. The van der Waals surface area contributed by atoms with E-state index in [0.29, 0.717) is 11.5 Å². The lowest BCUT2D eigenvalue weighted by Gasteiger charge is -2.21. The molecule has 0 spiro atoms. The molecule has 2 rings (SSSR count). The first-order chi connectivity index (χ1) is 13.8. The highest BCUT2D eigenvalue weighted by Crippen LogP contribution is 2.33. The molecule has 29 heavy (non-hydrogen) atoms. The Morgan fingerprint density at radius 2 is 1.76 bits per heavy atom. The lowest BCUT2D eigenvalue weighted by Crippen LogP contribution is -2.50. The molecule has 2 N–H and O–H groups in total. The smallest absolute Gasteiger partial charge is 0.331 e. The van der Waals surface area contributed by atoms with E-state index in [-0.39, 0.29) is 22.4 Å². The van der Waals surface area contributed by atoms with Gasteiger partial charge in [0.1, 0.15) is 0 Å². The molecule has 2 atom stereocenters. The van der Waals surface area contributed by atoms with Crippen LogP contribution < -0.4 is 14.8 Å². The summed E-state index contributed by atoms with van der Waals surface area (Å²) in [4.78, 5) is 37.1. The minimum Gasteiger partial charge on any atom is -0.493 e. The van der Waals surface area contributed by atoms with Gasteiger partial charge in [0.2, 0.25) is 11.7 Å². The number of halogens is 1. The van der Waals surface area contributed by atoms with E-state index in [1.165, 1.54) is 33.3 Å². The molecule has 1 aromatic rings. The number of hydrogen-bond donors (Lipinski definition) is 2. The largest absolute Gasteiger partial charge is 0.493 e. The van der Waals surface area contributed by atoms with Crippen molar-refractivity contribution >= 4 is 29.3 Å². The van der Waals surface area contributed by atoms with Crippen molar-refractivity contribution in [1.29, 1.82) is 0 Å². The number of esters is 1. The highest BCUT2D eigenvalue weighted by atomic mass is 35.5. The highest BCUT2D eigenvalue weighted by molar-refractivity contribution is 6.34. The summed E-state index contributed by atoms with van der Waals surface area (Å²) >= 11 is 6.11. The van der Waals surface area contributed by atoms with Gasteiger partial charge in [-0.2, -0.15) is 0 Å². The van der Waals surface area contributed by atoms with Crippen LogP contribution in [0.25, 0.3) is 0 Å². The number of carbonyl (C=O) groups excluding carboxylic acids is 3. The molecule has 1 aliphatic rings. The van der Waals surface area contributed by atoms with Crippen LogP contribution in [-0.2, 0) is 14.3 Å². The minimum atomic E-state index is -1.25. The second-order valence-corrected chi connectivity index (χ2v) is 7.33. The minimum absolute atomic E-state index is 0.0979. The number of ether oxygens (including phenoxy) is 3. The van der Waals surface area contributed by atoms with Crippen molar-refractivity contribution in [3.63, 3.8) is 0 Å². The van der Waals surface area contributed by atoms with E-state index >= 15 is 0 Å². The van der Waals surface area contributed by atoms with Gasteiger partial charge < -0.3 is 24.6 Å². The third kappa shape index (κ3) is 5.83. The molecule has 160 valence electrons. The van der Waals surface area contributed by atoms with Crippen LogP contribution in [0.15, 0.2) is 12.1 Å². The number of methoxy groups -OCH3 is 2. The van der Waals surface area contributed by atoms with Gasteiger partial charge in [0.25, 0.3) is 0 Å². The Hall–Kier alpha value is -2.32. The van der Waals surface area contributed by atoms with Gasteiger partial charge in [0, 0.05) is 17.5 Å². The molecule has 1 aliphatic carbocycles. The fourth-order valence-corrected chi connectivity index (χ4v) is 3.47. The molecule has 0 aliphatic heterocycles. The molecule has 0 heterocycles. The maximum absolute atomic E-state index is 12.5. The normalized spacial score (nSPS) is 16.0. The van der Waals surface area contributed by atoms with Gasteiger partial charge in [-0.05, 0) is 25.8 Å². The van der Waals surface area contributed by atoms with Crippen molar-refractivity contribution < 1.29 is 33.7 Å². The Balaban J connectivity index is 2.02. The van der Waals surface area contributed by atoms with Gasteiger partial charge in [-0.3, -0.25) is 9.59 Å². The Bertz CT molecular complexity index is 759. The lowest BCUT2D eigenvalue weighted by atomic mass is 10.1. The summed E-state index contributed by atoms with van der Waals surface area (Å²) in [5.41, 5.74) is 0.0979. The average molecular weight is 428 g/mol. The topological polar surface area (TPSA) is 111 Å². The molecule has 1 amide bonds. The lowest BCUT2D eigenvalue weighted by molar-refractivity contribution is -0.150. The molecular formula is C20H26ClNO7. The quantitative estimate of drug-likeness (QED) is 0.458. The van der Waals surface area contributed by atoms with Gasteiger partial charge in [0.15, 0.2) is 24.1 Å². The molecule has 1 saturated carbocycles. The third-order valence-corrected chi connectivity index (χ3v) is 5.19. The summed E-state index contributed by atoms with van der Waals surface area (Å²) < 4.78 is 15.3. The van der Waals surface area contributed by atoms with Crippen molar-refractivity contribution in [3.05, 3.63) is 22.7 Å². The number of Topliss-reactive ketones (excluding diaryl/α,β-unsaturated/α-hetero) is 1. The monoisotopic (exact) mass is 427 g/mol. The van der Waals surface area contributed by atoms with E-state index < -0.39 is 30.5 Å². The molecular weight excluding hydrogens is 402 g/mol. The highest BCUT2D eigenvalue weighted by Gasteiger charge is 2.31. The Kier molecular flexibility index (Phi) is 8.28. The van der Waals surface area contributed by atoms with Crippen LogP contribution in [0, 0.1) is 5.92 Å². The van der Waals surface area contributed by atoms with Crippen molar-refractivity contribution in [1.82, 2.24) is 5.32 Å². The maximum Gasteiger partial charge on any atom is 0.331 e. The summed E-state index contributed by atoms with van der Waals surface area (Å²) in [6.45, 7) is 0.768. The van der Waals surface area contributed by atoms with Gasteiger partial charge in [-0.25, -0.2) is 4.79 Å². The van der Waals surface area contributed by atoms with Crippen LogP contribution in [-0.4, -0.2) is 55.7 Å². The molecule has 0 bridgehead atoms. The molecule has 0 aromatic heterocycles. The van der Waals surface area contributed by atoms with Crippen molar-refractivity contribution in [2.24, 2.45) is 5.92 Å². The molecule has 1 aromatic carbocycles. The van der Waals surface area contributed by atoms with E-state index in [1.807, 2.05) is 0 Å². The number of benzene rings is 1. The van der Waals surface area contributed by atoms with Crippen molar-refractivity contribution in [3.8, 4) is 11.5 Å². The van der Waals surface area contributed by atoms with E-state index in [9.17, 15) is 19.5 Å². The number of rotatable bonds is 9. The zero-order valence-corrected chi connectivity index (χ0v) is 17.5. The third-order valence-electron chi connectivity index (χ3n) is 4.88. The van der Waals surface area contributed by atoms with E-state index in [0.717, 1.165) is 25.7 Å². The molecule has 0 saturated heterocycles. The van der Waals surface area contributed by atoms with Crippen LogP contribution in [0.4, 0.5) is 0 Å². The number of nitrogens with one attached hydrogen (secondary N) is 1. The second kappa shape index (κ2) is 10.5. The number of carbonyl (C=O) groups is 3. The summed E-state index contributed by atoms with van der Waals surface area (Å²) in [5.74, 6) is -1.25. The zero-order chi connectivity index (χ0) is 21.6. The summed E-state index contributed by atoms with van der Waals surface area (Å²) in [5, 5.41) is 12.5. The first kappa shape index (κ1) is 23.0. The Labute approximate surface area is 174 Å². The SMILES string of the molecule is COc1cc(Cl)c(C(=O)COC(=O)C(NC(=O)C2CCCC2)C(C)O)cc1OC. The van der Waals surface area contributed by atoms with Crippen molar-refractivity contribution in [2.75, 3.05) is 20.8 Å². The number of ketones is 1. The Morgan fingerprint density at radius 3 is 2.31 bits per heavy atom. The average Bonchev–Trinajstić information content (AvgIpc) is 3.24. The first-order valence-electron chi connectivity index (χ1n) is 9.38. The molecule has 1 fully saturated rings. The predicted octanol–water partition coefficient (Wildman–Crippen LogP) is 2.14. The first-order valence-corrected chi connectivity index (χ1v) is 9.76. The fraction of sp³-hybridized carbons (Fsp3) is 0.550. The number of aliphatic hydroxyl groups excluding tert-OH is 1.